The number of fused-ring (bicyclic) bond motifs is 1. The molecule has 2 saturated carbocycles. The number of benzene rings is 2. The van der Waals surface area contributed by atoms with Crippen LogP contribution in [-0.4, -0.2) is 44.6 Å². The number of imide groups is 1. The fourth-order valence-electron chi connectivity index (χ4n) is 4.70. The zero-order valence-corrected chi connectivity index (χ0v) is 21.9. The number of rotatable bonds is 7. The van der Waals surface area contributed by atoms with E-state index in [0.717, 1.165) is 56.4 Å². The standard InChI is InChI=1S/C14H15NO3.C13H19NO4S/c16-13-11-8-4-5-9-12(11)14(17)15(13)18-10-6-2-1-3-7-10;1-17-11-7-9-13(10-8-11)19(15,16)14-18-12-5-3-2-4-6-12/h4-5,8-10H,1-3,6-7H2;7-10,12,14H,2-6H2,1H3. The Bertz CT molecular complexity index is 1140. The SMILES string of the molecule is COc1ccc(S(=O)(=O)NOC2CCCCC2)cc1.O=C1c2ccccc2C(=O)N1OC1CCCCC1. The van der Waals surface area contributed by atoms with Gasteiger partial charge in [0.15, 0.2) is 0 Å². The Morgan fingerprint density at radius 1 is 0.757 bits per heavy atom. The molecule has 0 aromatic heterocycles. The van der Waals surface area contributed by atoms with Crippen molar-refractivity contribution in [2.45, 2.75) is 81.3 Å². The summed E-state index contributed by atoms with van der Waals surface area (Å²) in [6.07, 6.45) is 10.5. The number of hydroxylamine groups is 2. The minimum Gasteiger partial charge on any atom is -0.497 e. The maximum Gasteiger partial charge on any atom is 0.285 e. The molecule has 5 rings (SSSR count). The monoisotopic (exact) mass is 530 g/mol. The molecular weight excluding hydrogens is 496 g/mol. The van der Waals surface area contributed by atoms with E-state index in [4.69, 9.17) is 14.4 Å². The largest absolute Gasteiger partial charge is 0.497 e. The molecule has 2 aliphatic carbocycles. The van der Waals surface area contributed by atoms with Gasteiger partial charge in [-0.05, 0) is 62.1 Å². The van der Waals surface area contributed by atoms with Crippen molar-refractivity contribution in [2.24, 2.45) is 0 Å². The topological polar surface area (TPSA) is 111 Å². The van der Waals surface area contributed by atoms with Gasteiger partial charge in [-0.1, -0.05) is 55.5 Å². The molecule has 37 heavy (non-hydrogen) atoms. The predicted molar refractivity (Wildman–Crippen MR) is 136 cm³/mol. The second-order valence-corrected chi connectivity index (χ2v) is 11.1. The highest BCUT2D eigenvalue weighted by molar-refractivity contribution is 7.89. The van der Waals surface area contributed by atoms with Crippen molar-refractivity contribution >= 4 is 21.8 Å². The van der Waals surface area contributed by atoms with Gasteiger partial charge in [0.2, 0.25) is 0 Å². The Morgan fingerprint density at radius 2 is 1.27 bits per heavy atom. The van der Waals surface area contributed by atoms with Crippen molar-refractivity contribution in [1.82, 2.24) is 9.95 Å². The van der Waals surface area contributed by atoms with Crippen molar-refractivity contribution in [2.75, 3.05) is 7.11 Å². The number of sulfonamides is 1. The molecule has 0 atom stereocenters. The van der Waals surface area contributed by atoms with Crippen LogP contribution in [0, 0.1) is 0 Å². The Morgan fingerprint density at radius 3 is 1.78 bits per heavy atom. The molecule has 2 aromatic carbocycles. The molecule has 0 unspecified atom stereocenters. The van der Waals surface area contributed by atoms with Crippen LogP contribution in [0.3, 0.4) is 0 Å². The zero-order valence-electron chi connectivity index (χ0n) is 21.1. The number of hydrogen-bond donors (Lipinski definition) is 1. The molecule has 1 heterocycles. The van der Waals surface area contributed by atoms with E-state index >= 15 is 0 Å². The average molecular weight is 531 g/mol. The lowest BCUT2D eigenvalue weighted by Crippen LogP contribution is -2.35. The first-order valence-corrected chi connectivity index (χ1v) is 14.3. The molecule has 200 valence electrons. The highest BCUT2D eigenvalue weighted by atomic mass is 32.2. The smallest absolute Gasteiger partial charge is 0.285 e. The van der Waals surface area contributed by atoms with Crippen LogP contribution in [0.2, 0.25) is 0 Å². The number of hydrogen-bond acceptors (Lipinski definition) is 7. The summed E-state index contributed by atoms with van der Waals surface area (Å²) in [5.74, 6) is -0.0468. The van der Waals surface area contributed by atoms with E-state index in [0.29, 0.717) is 16.9 Å². The van der Waals surface area contributed by atoms with Crippen LogP contribution in [0.1, 0.15) is 84.9 Å². The van der Waals surface area contributed by atoms with Crippen molar-refractivity contribution in [3.8, 4) is 5.75 Å². The van der Waals surface area contributed by atoms with E-state index in [-0.39, 0.29) is 28.9 Å². The second kappa shape index (κ2) is 12.6. The molecule has 2 fully saturated rings. The number of ether oxygens (including phenoxy) is 1. The van der Waals surface area contributed by atoms with E-state index in [1.54, 1.807) is 36.4 Å². The van der Waals surface area contributed by atoms with E-state index < -0.39 is 10.0 Å². The van der Waals surface area contributed by atoms with Crippen LogP contribution in [0.4, 0.5) is 0 Å². The first-order chi connectivity index (χ1) is 17.9. The molecule has 0 radical (unpaired) electrons. The number of carbonyl (C=O) groups excluding carboxylic acids is 2. The lowest BCUT2D eigenvalue weighted by molar-refractivity contribution is -0.140. The zero-order chi connectivity index (χ0) is 26.3. The Hall–Kier alpha value is -2.79. The molecule has 1 aliphatic heterocycles. The number of methoxy groups -OCH3 is 1. The van der Waals surface area contributed by atoms with Crippen molar-refractivity contribution in [3.05, 3.63) is 59.7 Å². The van der Waals surface area contributed by atoms with Crippen LogP contribution < -0.4 is 9.62 Å². The molecule has 3 aliphatic rings. The van der Waals surface area contributed by atoms with Crippen molar-refractivity contribution in [1.29, 1.82) is 0 Å². The van der Waals surface area contributed by atoms with Gasteiger partial charge in [0, 0.05) is 0 Å². The van der Waals surface area contributed by atoms with Gasteiger partial charge in [-0.25, -0.2) is 8.42 Å². The van der Waals surface area contributed by atoms with Gasteiger partial charge in [-0.2, -0.15) is 0 Å². The first-order valence-electron chi connectivity index (χ1n) is 12.8. The summed E-state index contributed by atoms with van der Waals surface area (Å²) in [6.45, 7) is 0. The third-order valence-corrected chi connectivity index (χ3v) is 8.02. The molecule has 10 heteroatoms. The van der Waals surface area contributed by atoms with Gasteiger partial charge in [0.1, 0.15) is 5.75 Å². The summed E-state index contributed by atoms with van der Waals surface area (Å²) in [5.41, 5.74) is 0.886. The Balaban J connectivity index is 0.000000173. The van der Waals surface area contributed by atoms with Gasteiger partial charge in [-0.3, -0.25) is 19.3 Å². The number of amides is 2. The molecule has 2 amide bonds. The predicted octanol–water partition coefficient (Wildman–Crippen LogP) is 4.78. The van der Waals surface area contributed by atoms with Gasteiger partial charge in [0.05, 0.1) is 35.3 Å². The number of nitrogens with one attached hydrogen (secondary N) is 1. The molecule has 1 N–H and O–H groups in total. The summed E-state index contributed by atoms with van der Waals surface area (Å²) in [6, 6.07) is 13.0. The van der Waals surface area contributed by atoms with Crippen LogP contribution in [-0.2, 0) is 19.7 Å². The average Bonchev–Trinajstić information content (AvgIpc) is 3.18. The molecular formula is C27H34N2O7S. The fraction of sp³-hybridized carbons (Fsp3) is 0.481. The van der Waals surface area contributed by atoms with Crippen LogP contribution >= 0.6 is 0 Å². The third-order valence-electron chi connectivity index (χ3n) is 6.81. The maximum atomic E-state index is 12.1. The molecule has 9 nitrogen and oxygen atoms in total. The molecule has 0 bridgehead atoms. The lowest BCUT2D eigenvalue weighted by Gasteiger charge is -2.25. The second-order valence-electron chi connectivity index (χ2n) is 9.46. The number of nitrogens with zero attached hydrogens (tertiary/aromatic N) is 1. The van der Waals surface area contributed by atoms with E-state index in [2.05, 4.69) is 4.89 Å². The minimum absolute atomic E-state index is 0.000891. The van der Waals surface area contributed by atoms with Crippen LogP contribution in [0.25, 0.3) is 0 Å². The van der Waals surface area contributed by atoms with E-state index in [1.165, 1.54) is 32.1 Å². The Kier molecular flexibility index (Phi) is 9.31. The summed E-state index contributed by atoms with van der Waals surface area (Å²) in [5, 5.41) is 0.945. The number of carbonyl (C=O) groups is 2. The highest BCUT2D eigenvalue weighted by Gasteiger charge is 2.38. The molecule has 2 aromatic rings. The minimum atomic E-state index is -3.61. The fourth-order valence-corrected chi connectivity index (χ4v) is 5.55. The Labute approximate surface area is 218 Å². The van der Waals surface area contributed by atoms with E-state index in [1.807, 2.05) is 0 Å². The normalized spacial score (nSPS) is 18.8. The van der Waals surface area contributed by atoms with Gasteiger partial charge in [0.25, 0.3) is 21.8 Å². The summed E-state index contributed by atoms with van der Waals surface area (Å²) < 4.78 is 29.0. The maximum absolute atomic E-state index is 12.1. The summed E-state index contributed by atoms with van der Waals surface area (Å²) in [7, 11) is -2.08. The van der Waals surface area contributed by atoms with Gasteiger partial charge < -0.3 is 4.74 Å². The van der Waals surface area contributed by atoms with Gasteiger partial charge >= 0.3 is 0 Å². The summed E-state index contributed by atoms with van der Waals surface area (Å²) >= 11 is 0. The quantitative estimate of drug-likeness (QED) is 0.405. The highest BCUT2D eigenvalue weighted by Crippen LogP contribution is 2.27. The third kappa shape index (κ3) is 6.95. The van der Waals surface area contributed by atoms with E-state index in [9.17, 15) is 18.0 Å². The first kappa shape index (κ1) is 27.3. The van der Waals surface area contributed by atoms with Gasteiger partial charge in [-0.15, -0.1) is 5.06 Å². The van der Waals surface area contributed by atoms with Crippen LogP contribution in [0.5, 0.6) is 5.75 Å². The molecule has 0 spiro atoms. The summed E-state index contributed by atoms with van der Waals surface area (Å²) in [4.78, 5) is 37.4. The lowest BCUT2D eigenvalue weighted by atomic mass is 9.98. The van der Waals surface area contributed by atoms with Crippen molar-refractivity contribution in [3.63, 3.8) is 0 Å². The van der Waals surface area contributed by atoms with Crippen molar-refractivity contribution < 1.29 is 32.4 Å². The van der Waals surface area contributed by atoms with Crippen LogP contribution in [0.15, 0.2) is 53.4 Å². The molecule has 0 saturated heterocycles.